The van der Waals surface area contributed by atoms with Crippen LogP contribution in [0, 0.1) is 5.92 Å². The van der Waals surface area contributed by atoms with E-state index in [2.05, 4.69) is 4.90 Å². The third-order valence-corrected chi connectivity index (χ3v) is 5.00. The third-order valence-electron chi connectivity index (χ3n) is 5.00. The predicted octanol–water partition coefficient (Wildman–Crippen LogP) is 2.55. The van der Waals surface area contributed by atoms with E-state index in [-0.39, 0.29) is 12.7 Å². The number of hydrogen-bond acceptors (Lipinski definition) is 3. The normalized spacial score (nSPS) is 24.2. The van der Waals surface area contributed by atoms with Crippen LogP contribution in [0.2, 0.25) is 0 Å². The molecule has 2 rings (SSSR count). The molecular weight excluding hydrogens is 238 g/mol. The molecule has 0 heterocycles. The molecular formula is C16H31NO2. The van der Waals surface area contributed by atoms with E-state index in [9.17, 15) is 10.2 Å². The maximum atomic E-state index is 10.3. The molecule has 0 aromatic carbocycles. The zero-order valence-electron chi connectivity index (χ0n) is 12.3. The van der Waals surface area contributed by atoms with Gasteiger partial charge in [0.05, 0.1) is 12.7 Å². The van der Waals surface area contributed by atoms with Crippen molar-refractivity contribution in [2.24, 2.45) is 5.92 Å². The Morgan fingerprint density at radius 1 is 0.947 bits per heavy atom. The van der Waals surface area contributed by atoms with Crippen LogP contribution >= 0.6 is 0 Å². The van der Waals surface area contributed by atoms with Crippen molar-refractivity contribution in [1.29, 1.82) is 0 Å². The number of aliphatic hydroxyl groups excluding tert-OH is 2. The molecule has 2 N–H and O–H groups in total. The quantitative estimate of drug-likeness (QED) is 0.746. The summed E-state index contributed by atoms with van der Waals surface area (Å²) in [6, 6.07) is 0.596. The summed E-state index contributed by atoms with van der Waals surface area (Å²) in [7, 11) is 0. The fourth-order valence-electron chi connectivity index (χ4n) is 3.97. The lowest BCUT2D eigenvalue weighted by atomic mass is 9.93. The molecule has 3 heteroatoms. The summed E-state index contributed by atoms with van der Waals surface area (Å²) in [6.07, 6.45) is 12.5. The summed E-state index contributed by atoms with van der Waals surface area (Å²) >= 11 is 0. The zero-order chi connectivity index (χ0) is 13.5. The van der Waals surface area contributed by atoms with E-state index in [1.165, 1.54) is 57.8 Å². The van der Waals surface area contributed by atoms with E-state index in [1.54, 1.807) is 0 Å². The van der Waals surface area contributed by atoms with Crippen LogP contribution in [-0.2, 0) is 0 Å². The Morgan fingerprint density at radius 2 is 1.58 bits per heavy atom. The van der Waals surface area contributed by atoms with Crippen molar-refractivity contribution in [1.82, 2.24) is 4.90 Å². The Bertz CT molecular complexity index is 235. The van der Waals surface area contributed by atoms with E-state index in [1.807, 2.05) is 0 Å². The number of aliphatic hydroxyl groups is 2. The first-order valence-electron chi connectivity index (χ1n) is 8.32. The van der Waals surface area contributed by atoms with Crippen LogP contribution in [0.1, 0.15) is 64.2 Å². The van der Waals surface area contributed by atoms with Gasteiger partial charge in [-0.1, -0.05) is 44.9 Å². The molecule has 1 atom stereocenters. The molecule has 0 radical (unpaired) electrons. The third kappa shape index (κ3) is 5.05. The van der Waals surface area contributed by atoms with Crippen LogP contribution < -0.4 is 0 Å². The van der Waals surface area contributed by atoms with Crippen LogP contribution in [0.15, 0.2) is 0 Å². The molecule has 112 valence electrons. The Labute approximate surface area is 118 Å². The fourth-order valence-corrected chi connectivity index (χ4v) is 3.97. The number of hydrogen-bond donors (Lipinski definition) is 2. The van der Waals surface area contributed by atoms with Gasteiger partial charge in [0, 0.05) is 19.1 Å². The van der Waals surface area contributed by atoms with Gasteiger partial charge in [-0.15, -0.1) is 0 Å². The second-order valence-electron chi connectivity index (χ2n) is 6.55. The van der Waals surface area contributed by atoms with E-state index in [0.717, 1.165) is 25.4 Å². The highest BCUT2D eigenvalue weighted by atomic mass is 16.3. The van der Waals surface area contributed by atoms with E-state index >= 15 is 0 Å². The molecule has 0 saturated heterocycles. The van der Waals surface area contributed by atoms with E-state index in [4.69, 9.17) is 0 Å². The highest BCUT2D eigenvalue weighted by molar-refractivity contribution is 4.79. The highest BCUT2D eigenvalue weighted by Crippen LogP contribution is 2.29. The van der Waals surface area contributed by atoms with Gasteiger partial charge in [0.15, 0.2) is 0 Å². The number of nitrogens with zero attached hydrogens (tertiary/aromatic N) is 1. The van der Waals surface area contributed by atoms with Crippen LogP contribution in [0.3, 0.4) is 0 Å². The van der Waals surface area contributed by atoms with Crippen molar-refractivity contribution < 1.29 is 10.2 Å². The molecule has 2 aliphatic rings. The lowest BCUT2D eigenvalue weighted by molar-refractivity contribution is 0.0488. The monoisotopic (exact) mass is 269 g/mol. The highest BCUT2D eigenvalue weighted by Gasteiger charge is 2.25. The second-order valence-corrected chi connectivity index (χ2v) is 6.55. The molecule has 2 saturated carbocycles. The molecule has 0 bridgehead atoms. The molecule has 2 aliphatic carbocycles. The van der Waals surface area contributed by atoms with Gasteiger partial charge in [-0.25, -0.2) is 0 Å². The molecule has 0 aromatic rings. The van der Waals surface area contributed by atoms with Gasteiger partial charge in [0.25, 0.3) is 0 Å². The zero-order valence-corrected chi connectivity index (χ0v) is 12.3. The van der Waals surface area contributed by atoms with Gasteiger partial charge in [0.1, 0.15) is 0 Å². The van der Waals surface area contributed by atoms with E-state index < -0.39 is 0 Å². The molecule has 2 fully saturated rings. The molecule has 0 aromatic heterocycles. The Kier molecular flexibility index (Phi) is 6.62. The minimum Gasteiger partial charge on any atom is -0.395 e. The van der Waals surface area contributed by atoms with Crippen LogP contribution in [0.25, 0.3) is 0 Å². The van der Waals surface area contributed by atoms with Gasteiger partial charge in [-0.3, -0.25) is 4.90 Å². The summed E-state index contributed by atoms with van der Waals surface area (Å²) in [5.74, 6) is 0.748. The summed E-state index contributed by atoms with van der Waals surface area (Å²) in [5, 5.41) is 19.6. The van der Waals surface area contributed by atoms with Crippen LogP contribution in [-0.4, -0.2) is 47.0 Å². The number of rotatable bonds is 7. The SMILES string of the molecule is OCCN(CC(O)CC1CCCC1)C1CCCCC1. The van der Waals surface area contributed by atoms with E-state index in [0.29, 0.717) is 6.04 Å². The average molecular weight is 269 g/mol. The lowest BCUT2D eigenvalue weighted by Crippen LogP contribution is -2.43. The maximum Gasteiger partial charge on any atom is 0.0669 e. The first-order chi connectivity index (χ1) is 9.29. The smallest absolute Gasteiger partial charge is 0.0669 e. The maximum absolute atomic E-state index is 10.3. The van der Waals surface area contributed by atoms with Gasteiger partial charge >= 0.3 is 0 Å². The first-order valence-corrected chi connectivity index (χ1v) is 8.32. The van der Waals surface area contributed by atoms with Gasteiger partial charge in [-0.05, 0) is 25.2 Å². The van der Waals surface area contributed by atoms with Crippen molar-refractivity contribution in [3.63, 3.8) is 0 Å². The van der Waals surface area contributed by atoms with Crippen LogP contribution in [0.5, 0.6) is 0 Å². The standard InChI is InChI=1S/C16H31NO2/c18-11-10-17(15-8-2-1-3-9-15)13-16(19)12-14-6-4-5-7-14/h14-16,18-19H,1-13H2. The largest absolute Gasteiger partial charge is 0.395 e. The van der Waals surface area contributed by atoms with Gasteiger partial charge in [0.2, 0.25) is 0 Å². The molecule has 1 unspecified atom stereocenters. The minimum atomic E-state index is -0.198. The van der Waals surface area contributed by atoms with Gasteiger partial charge in [-0.2, -0.15) is 0 Å². The van der Waals surface area contributed by atoms with Crippen molar-refractivity contribution >= 4 is 0 Å². The van der Waals surface area contributed by atoms with Crippen molar-refractivity contribution in [2.75, 3.05) is 19.7 Å². The topological polar surface area (TPSA) is 43.7 Å². The molecule has 19 heavy (non-hydrogen) atoms. The molecule has 0 spiro atoms. The summed E-state index contributed by atoms with van der Waals surface area (Å²) in [6.45, 7) is 1.71. The van der Waals surface area contributed by atoms with Crippen molar-refractivity contribution in [3.05, 3.63) is 0 Å². The first kappa shape index (κ1) is 15.3. The summed E-state index contributed by atoms with van der Waals surface area (Å²) < 4.78 is 0. The average Bonchev–Trinajstić information content (AvgIpc) is 2.92. The van der Waals surface area contributed by atoms with Crippen molar-refractivity contribution in [2.45, 2.75) is 76.4 Å². The van der Waals surface area contributed by atoms with Crippen molar-refractivity contribution in [3.8, 4) is 0 Å². The minimum absolute atomic E-state index is 0.198. The molecule has 3 nitrogen and oxygen atoms in total. The fraction of sp³-hybridized carbons (Fsp3) is 1.00. The Morgan fingerprint density at radius 3 is 2.21 bits per heavy atom. The predicted molar refractivity (Wildman–Crippen MR) is 78.1 cm³/mol. The Balaban J connectivity index is 1.77. The Hall–Kier alpha value is -0.120. The second kappa shape index (κ2) is 8.23. The summed E-state index contributed by atoms with van der Waals surface area (Å²) in [5.41, 5.74) is 0. The van der Waals surface area contributed by atoms with Crippen LogP contribution in [0.4, 0.5) is 0 Å². The molecule has 0 aliphatic heterocycles. The summed E-state index contributed by atoms with van der Waals surface area (Å²) in [4.78, 5) is 2.35. The lowest BCUT2D eigenvalue weighted by Gasteiger charge is -2.35. The molecule has 0 amide bonds. The van der Waals surface area contributed by atoms with Gasteiger partial charge < -0.3 is 10.2 Å².